The van der Waals surface area contributed by atoms with Gasteiger partial charge in [-0.05, 0) is 42.9 Å². The fraction of sp³-hybridized carbons (Fsp3) is 1.00. The highest BCUT2D eigenvalue weighted by molar-refractivity contribution is 4.75. The summed E-state index contributed by atoms with van der Waals surface area (Å²) in [5.74, 6) is 3.95. The Morgan fingerprint density at radius 2 is 1.80 bits per heavy atom. The highest BCUT2D eigenvalue weighted by Crippen LogP contribution is 2.36. The van der Waals surface area contributed by atoms with Crippen molar-refractivity contribution in [3.8, 4) is 0 Å². The lowest BCUT2D eigenvalue weighted by Crippen LogP contribution is -2.09. The van der Waals surface area contributed by atoms with Crippen LogP contribution in [0.1, 0.15) is 72.6 Å². The van der Waals surface area contributed by atoms with Gasteiger partial charge < -0.3 is 0 Å². The second kappa shape index (κ2) is 6.55. The second-order valence-corrected chi connectivity index (χ2v) is 6.30. The number of rotatable bonds is 4. The molecule has 1 rings (SSSR count). The monoisotopic (exact) mass is 210 g/mol. The molecule has 0 amide bonds. The lowest BCUT2D eigenvalue weighted by molar-refractivity contribution is 0.308. The first kappa shape index (κ1) is 13.1. The molecule has 1 saturated carbocycles. The lowest BCUT2D eigenvalue weighted by Gasteiger charge is -2.21. The quantitative estimate of drug-likeness (QED) is 0.554. The van der Waals surface area contributed by atoms with Crippen LogP contribution in [0.5, 0.6) is 0 Å². The molecule has 0 spiro atoms. The number of hydrogen-bond acceptors (Lipinski definition) is 0. The maximum atomic E-state index is 2.46. The van der Waals surface area contributed by atoms with Crippen LogP contribution in [0.4, 0.5) is 0 Å². The van der Waals surface area contributed by atoms with E-state index in [1.54, 1.807) is 0 Å². The third kappa shape index (κ3) is 5.04. The summed E-state index contributed by atoms with van der Waals surface area (Å²) >= 11 is 0. The van der Waals surface area contributed by atoms with E-state index in [2.05, 4.69) is 27.7 Å². The molecular formula is C15H30. The van der Waals surface area contributed by atoms with Crippen LogP contribution < -0.4 is 0 Å². The molecule has 0 aliphatic heterocycles. The molecule has 0 radical (unpaired) electrons. The predicted molar refractivity (Wildman–Crippen MR) is 69.0 cm³/mol. The summed E-state index contributed by atoms with van der Waals surface area (Å²) in [6.45, 7) is 9.56. The van der Waals surface area contributed by atoms with Crippen LogP contribution in [-0.4, -0.2) is 0 Å². The van der Waals surface area contributed by atoms with E-state index in [0.29, 0.717) is 0 Å². The predicted octanol–water partition coefficient (Wildman–Crippen LogP) is 5.28. The summed E-state index contributed by atoms with van der Waals surface area (Å²) in [4.78, 5) is 0. The highest BCUT2D eigenvalue weighted by atomic mass is 14.3. The van der Waals surface area contributed by atoms with Crippen molar-refractivity contribution in [2.24, 2.45) is 23.7 Å². The van der Waals surface area contributed by atoms with Gasteiger partial charge in [-0.2, -0.15) is 0 Å². The standard InChI is InChI=1S/C15H30/c1-5-6-14-10-13(4)7-8-15(11-14)9-12(2)3/h12-15H,5-11H2,1-4H3. The van der Waals surface area contributed by atoms with Crippen LogP contribution in [0.2, 0.25) is 0 Å². The fourth-order valence-corrected chi connectivity index (χ4v) is 3.42. The van der Waals surface area contributed by atoms with Gasteiger partial charge in [0.15, 0.2) is 0 Å². The molecule has 0 aromatic heterocycles. The smallest absolute Gasteiger partial charge is 0.0409 e. The molecule has 1 aliphatic rings. The van der Waals surface area contributed by atoms with Crippen molar-refractivity contribution < 1.29 is 0 Å². The largest absolute Gasteiger partial charge is 0.0654 e. The zero-order valence-corrected chi connectivity index (χ0v) is 11.3. The van der Waals surface area contributed by atoms with E-state index in [4.69, 9.17) is 0 Å². The fourth-order valence-electron chi connectivity index (χ4n) is 3.42. The van der Waals surface area contributed by atoms with E-state index in [1.165, 1.54) is 44.9 Å². The first-order valence-corrected chi connectivity index (χ1v) is 7.11. The van der Waals surface area contributed by atoms with Crippen molar-refractivity contribution in [2.45, 2.75) is 72.6 Å². The maximum Gasteiger partial charge on any atom is -0.0409 e. The van der Waals surface area contributed by atoms with Gasteiger partial charge in [-0.25, -0.2) is 0 Å². The summed E-state index contributed by atoms with van der Waals surface area (Å²) in [5.41, 5.74) is 0. The molecule has 3 atom stereocenters. The van der Waals surface area contributed by atoms with Gasteiger partial charge in [0.2, 0.25) is 0 Å². The van der Waals surface area contributed by atoms with Crippen LogP contribution in [0, 0.1) is 23.7 Å². The normalized spacial score (nSPS) is 33.0. The van der Waals surface area contributed by atoms with E-state index in [9.17, 15) is 0 Å². The van der Waals surface area contributed by atoms with E-state index in [0.717, 1.165) is 23.7 Å². The van der Waals surface area contributed by atoms with Gasteiger partial charge in [0, 0.05) is 0 Å². The summed E-state index contributed by atoms with van der Waals surface area (Å²) in [6, 6.07) is 0. The molecule has 1 aliphatic carbocycles. The van der Waals surface area contributed by atoms with Gasteiger partial charge in [0.25, 0.3) is 0 Å². The average molecular weight is 210 g/mol. The topological polar surface area (TPSA) is 0 Å². The zero-order valence-electron chi connectivity index (χ0n) is 11.3. The van der Waals surface area contributed by atoms with Crippen LogP contribution >= 0.6 is 0 Å². The maximum absolute atomic E-state index is 2.46. The zero-order chi connectivity index (χ0) is 11.3. The molecular weight excluding hydrogens is 180 g/mol. The van der Waals surface area contributed by atoms with E-state index in [-0.39, 0.29) is 0 Å². The van der Waals surface area contributed by atoms with E-state index >= 15 is 0 Å². The molecule has 0 heteroatoms. The van der Waals surface area contributed by atoms with Crippen molar-refractivity contribution in [3.05, 3.63) is 0 Å². The Balaban J connectivity index is 2.44. The van der Waals surface area contributed by atoms with Gasteiger partial charge in [0.05, 0.1) is 0 Å². The summed E-state index contributed by atoms with van der Waals surface area (Å²) < 4.78 is 0. The summed E-state index contributed by atoms with van der Waals surface area (Å²) in [7, 11) is 0. The van der Waals surface area contributed by atoms with E-state index < -0.39 is 0 Å². The third-order valence-corrected chi connectivity index (χ3v) is 3.97. The van der Waals surface area contributed by atoms with Crippen molar-refractivity contribution in [3.63, 3.8) is 0 Å². The first-order valence-electron chi connectivity index (χ1n) is 7.11. The molecule has 1 fully saturated rings. The minimum Gasteiger partial charge on any atom is -0.0654 e. The Morgan fingerprint density at radius 1 is 1.07 bits per heavy atom. The molecule has 0 aromatic carbocycles. The lowest BCUT2D eigenvalue weighted by atomic mass is 9.85. The van der Waals surface area contributed by atoms with Crippen molar-refractivity contribution in [1.29, 1.82) is 0 Å². The second-order valence-electron chi connectivity index (χ2n) is 6.30. The van der Waals surface area contributed by atoms with Crippen LogP contribution in [0.15, 0.2) is 0 Å². The Bertz CT molecular complexity index is 159. The van der Waals surface area contributed by atoms with Gasteiger partial charge in [-0.3, -0.25) is 0 Å². The molecule has 0 saturated heterocycles. The van der Waals surface area contributed by atoms with Crippen LogP contribution in [0.25, 0.3) is 0 Å². The Labute approximate surface area is 96.8 Å². The summed E-state index contributed by atoms with van der Waals surface area (Å²) in [6.07, 6.45) is 10.3. The molecule has 90 valence electrons. The molecule has 0 heterocycles. The van der Waals surface area contributed by atoms with E-state index in [1.807, 2.05) is 0 Å². The minimum atomic E-state index is 0.894. The molecule has 0 aromatic rings. The average Bonchev–Trinajstić information content (AvgIpc) is 2.28. The molecule has 0 N–H and O–H groups in total. The summed E-state index contributed by atoms with van der Waals surface area (Å²) in [5, 5.41) is 0. The van der Waals surface area contributed by atoms with Crippen LogP contribution in [-0.2, 0) is 0 Å². The van der Waals surface area contributed by atoms with Crippen molar-refractivity contribution in [2.75, 3.05) is 0 Å². The van der Waals surface area contributed by atoms with Crippen molar-refractivity contribution >= 4 is 0 Å². The molecule has 15 heavy (non-hydrogen) atoms. The van der Waals surface area contributed by atoms with Gasteiger partial charge in [0.1, 0.15) is 0 Å². The Morgan fingerprint density at radius 3 is 2.40 bits per heavy atom. The minimum absolute atomic E-state index is 0.894. The SMILES string of the molecule is CCCC1CC(C)CCC(CC(C)C)C1. The van der Waals surface area contributed by atoms with Gasteiger partial charge in [-0.1, -0.05) is 53.4 Å². The number of hydrogen-bond donors (Lipinski definition) is 0. The Hall–Kier alpha value is 0. The van der Waals surface area contributed by atoms with Crippen LogP contribution in [0.3, 0.4) is 0 Å². The molecule has 0 bridgehead atoms. The molecule has 0 nitrogen and oxygen atoms in total. The third-order valence-electron chi connectivity index (χ3n) is 3.97. The molecule has 3 unspecified atom stereocenters. The van der Waals surface area contributed by atoms with Gasteiger partial charge in [-0.15, -0.1) is 0 Å². The van der Waals surface area contributed by atoms with Gasteiger partial charge >= 0.3 is 0 Å². The Kier molecular flexibility index (Phi) is 5.71. The highest BCUT2D eigenvalue weighted by Gasteiger charge is 2.23. The van der Waals surface area contributed by atoms with Crippen molar-refractivity contribution in [1.82, 2.24) is 0 Å². The first-order chi connectivity index (χ1) is 7.11.